The van der Waals surface area contributed by atoms with Crippen molar-refractivity contribution in [1.29, 1.82) is 0 Å². The van der Waals surface area contributed by atoms with Crippen molar-refractivity contribution >= 4 is 11.8 Å². The summed E-state index contributed by atoms with van der Waals surface area (Å²) in [5.74, 6) is -1.25. The zero-order valence-corrected chi connectivity index (χ0v) is 12.4. The second kappa shape index (κ2) is 6.37. The number of amides is 2. The van der Waals surface area contributed by atoms with Crippen LogP contribution >= 0.6 is 0 Å². The molecule has 0 fully saturated rings. The van der Waals surface area contributed by atoms with E-state index in [1.165, 1.54) is 30.3 Å². The summed E-state index contributed by atoms with van der Waals surface area (Å²) in [6.07, 6.45) is -1.35. The van der Waals surface area contributed by atoms with Crippen LogP contribution in [0.2, 0.25) is 0 Å². The smallest absolute Gasteiger partial charge is 0.387 e. The van der Waals surface area contributed by atoms with Crippen LogP contribution in [0, 0.1) is 0 Å². The van der Waals surface area contributed by atoms with Gasteiger partial charge in [-0.1, -0.05) is 30.3 Å². The molecule has 24 heavy (non-hydrogen) atoms. The number of hydrogen-bond donors (Lipinski definition) is 1. The minimum absolute atomic E-state index is 0.0781. The highest BCUT2D eigenvalue weighted by Gasteiger charge is 2.36. The van der Waals surface area contributed by atoms with Gasteiger partial charge in [-0.25, -0.2) is 0 Å². The van der Waals surface area contributed by atoms with Gasteiger partial charge in [-0.3, -0.25) is 14.5 Å². The summed E-state index contributed by atoms with van der Waals surface area (Å²) in [6.45, 7) is -3.40. The Kier molecular flexibility index (Phi) is 4.26. The van der Waals surface area contributed by atoms with Gasteiger partial charge in [-0.05, 0) is 18.2 Å². The number of halogens is 2. The van der Waals surface area contributed by atoms with Crippen molar-refractivity contribution < 1.29 is 28.2 Å². The zero-order chi connectivity index (χ0) is 17.3. The number of carbonyl (C=O) groups excluding carboxylic acids is 2. The van der Waals surface area contributed by atoms with E-state index in [1.807, 2.05) is 0 Å². The topological polar surface area (TPSA) is 66.8 Å². The Labute approximate surface area is 136 Å². The molecule has 2 aromatic carbocycles. The number of aliphatic hydroxyl groups excluding tert-OH is 1. The van der Waals surface area contributed by atoms with Crippen LogP contribution in [0.15, 0.2) is 48.5 Å². The standard InChI is InChI=1S/C17H13F2NO4/c18-17(19)24-14-8-4-3-7-12(14)13(21)9-20-15(22)10-5-1-2-6-11(10)16(20)23/h1-8,13,17,21H,9H2. The number of β-amino-alcohol motifs (C(OH)–C–C–N with tert-alkyl or cyclic N) is 1. The molecule has 1 aliphatic heterocycles. The third-order valence-electron chi connectivity index (χ3n) is 3.73. The van der Waals surface area contributed by atoms with Crippen molar-refractivity contribution in [3.63, 3.8) is 0 Å². The number of aliphatic hydroxyl groups is 1. The highest BCUT2D eigenvalue weighted by molar-refractivity contribution is 6.21. The molecule has 1 aliphatic rings. The number of rotatable bonds is 5. The van der Waals surface area contributed by atoms with Crippen molar-refractivity contribution in [2.24, 2.45) is 0 Å². The van der Waals surface area contributed by atoms with E-state index in [1.54, 1.807) is 18.2 Å². The van der Waals surface area contributed by atoms with E-state index in [0.717, 1.165) is 4.90 Å². The van der Waals surface area contributed by atoms with E-state index in [2.05, 4.69) is 4.74 Å². The lowest BCUT2D eigenvalue weighted by molar-refractivity contribution is -0.0517. The quantitative estimate of drug-likeness (QED) is 0.854. The predicted octanol–water partition coefficient (Wildman–Crippen LogP) is 2.62. The average Bonchev–Trinajstić information content (AvgIpc) is 2.80. The van der Waals surface area contributed by atoms with Crippen LogP contribution in [0.3, 0.4) is 0 Å². The number of hydrogen-bond acceptors (Lipinski definition) is 4. The Balaban J connectivity index is 1.83. The maximum atomic E-state index is 12.4. The molecular weight excluding hydrogens is 320 g/mol. The molecule has 7 heteroatoms. The number of carbonyl (C=O) groups is 2. The van der Waals surface area contributed by atoms with Gasteiger partial charge in [0.15, 0.2) is 0 Å². The molecule has 1 unspecified atom stereocenters. The van der Waals surface area contributed by atoms with Gasteiger partial charge in [0.1, 0.15) is 11.9 Å². The SMILES string of the molecule is O=C1c2ccccc2C(=O)N1CC(O)c1ccccc1OC(F)F. The fourth-order valence-corrected chi connectivity index (χ4v) is 2.64. The van der Waals surface area contributed by atoms with E-state index in [4.69, 9.17) is 0 Å². The van der Waals surface area contributed by atoms with Crippen molar-refractivity contribution in [2.75, 3.05) is 6.54 Å². The molecule has 0 radical (unpaired) electrons. The summed E-state index contributed by atoms with van der Waals surface area (Å²) in [7, 11) is 0. The molecule has 1 heterocycles. The van der Waals surface area contributed by atoms with Gasteiger partial charge in [0.2, 0.25) is 0 Å². The molecular formula is C17H13F2NO4. The van der Waals surface area contributed by atoms with Crippen LogP contribution in [-0.4, -0.2) is 35.0 Å². The molecule has 0 saturated carbocycles. The Bertz CT molecular complexity index is 759. The predicted molar refractivity (Wildman–Crippen MR) is 79.8 cm³/mol. The van der Waals surface area contributed by atoms with Gasteiger partial charge in [-0.15, -0.1) is 0 Å². The largest absolute Gasteiger partial charge is 0.434 e. The average molecular weight is 333 g/mol. The number of para-hydroxylation sites is 1. The van der Waals surface area contributed by atoms with E-state index in [-0.39, 0.29) is 29.0 Å². The molecule has 0 saturated heterocycles. The summed E-state index contributed by atoms with van der Waals surface area (Å²) in [5, 5.41) is 10.3. The van der Waals surface area contributed by atoms with Crippen molar-refractivity contribution in [3.05, 3.63) is 65.2 Å². The van der Waals surface area contributed by atoms with Gasteiger partial charge in [0.25, 0.3) is 11.8 Å². The first kappa shape index (κ1) is 16.1. The first-order valence-electron chi connectivity index (χ1n) is 7.16. The fourth-order valence-electron chi connectivity index (χ4n) is 2.64. The molecule has 3 rings (SSSR count). The third kappa shape index (κ3) is 2.85. The van der Waals surface area contributed by atoms with Crippen molar-refractivity contribution in [2.45, 2.75) is 12.7 Å². The Morgan fingerprint density at radius 2 is 1.50 bits per heavy atom. The highest BCUT2D eigenvalue weighted by atomic mass is 19.3. The number of imide groups is 1. The van der Waals surface area contributed by atoms with Crippen LogP contribution in [0.5, 0.6) is 5.75 Å². The summed E-state index contributed by atoms with van der Waals surface area (Å²) >= 11 is 0. The van der Waals surface area contributed by atoms with E-state index < -0.39 is 24.5 Å². The number of nitrogens with zero attached hydrogens (tertiary/aromatic N) is 1. The lowest BCUT2D eigenvalue weighted by Crippen LogP contribution is -2.34. The normalized spacial score (nSPS) is 14.9. The zero-order valence-electron chi connectivity index (χ0n) is 12.4. The fraction of sp³-hybridized carbons (Fsp3) is 0.176. The highest BCUT2D eigenvalue weighted by Crippen LogP contribution is 2.30. The number of fused-ring (bicyclic) bond motifs is 1. The lowest BCUT2D eigenvalue weighted by atomic mass is 10.1. The Morgan fingerprint density at radius 1 is 0.958 bits per heavy atom. The van der Waals surface area contributed by atoms with Gasteiger partial charge < -0.3 is 9.84 Å². The maximum absolute atomic E-state index is 12.4. The number of alkyl halides is 2. The van der Waals surface area contributed by atoms with E-state index >= 15 is 0 Å². The van der Waals surface area contributed by atoms with Crippen LogP contribution < -0.4 is 4.74 Å². The second-order valence-electron chi connectivity index (χ2n) is 5.20. The molecule has 1 atom stereocenters. The molecule has 2 aromatic rings. The maximum Gasteiger partial charge on any atom is 0.387 e. The summed E-state index contributed by atoms with van der Waals surface area (Å²) in [4.78, 5) is 25.5. The third-order valence-corrected chi connectivity index (χ3v) is 3.73. The molecule has 2 amide bonds. The monoisotopic (exact) mass is 333 g/mol. The molecule has 0 aliphatic carbocycles. The van der Waals surface area contributed by atoms with Crippen LogP contribution in [0.25, 0.3) is 0 Å². The molecule has 0 aromatic heterocycles. The molecule has 0 spiro atoms. The van der Waals surface area contributed by atoms with Crippen LogP contribution in [0.4, 0.5) is 8.78 Å². The minimum Gasteiger partial charge on any atom is -0.434 e. The van der Waals surface area contributed by atoms with Crippen LogP contribution in [-0.2, 0) is 0 Å². The van der Waals surface area contributed by atoms with E-state index in [9.17, 15) is 23.5 Å². The summed E-state index contributed by atoms with van der Waals surface area (Å²) in [6, 6.07) is 12.0. The summed E-state index contributed by atoms with van der Waals surface area (Å²) < 4.78 is 29.3. The van der Waals surface area contributed by atoms with Gasteiger partial charge >= 0.3 is 6.61 Å². The second-order valence-corrected chi connectivity index (χ2v) is 5.20. The van der Waals surface area contributed by atoms with Crippen LogP contribution in [0.1, 0.15) is 32.4 Å². The van der Waals surface area contributed by atoms with E-state index in [0.29, 0.717) is 0 Å². The first-order valence-corrected chi connectivity index (χ1v) is 7.16. The summed E-state index contributed by atoms with van der Waals surface area (Å²) in [5.41, 5.74) is 0.591. The first-order chi connectivity index (χ1) is 11.5. The molecule has 1 N–H and O–H groups in total. The number of benzene rings is 2. The lowest BCUT2D eigenvalue weighted by Gasteiger charge is -2.20. The van der Waals surface area contributed by atoms with Crippen molar-refractivity contribution in [1.82, 2.24) is 4.90 Å². The molecule has 124 valence electrons. The molecule has 0 bridgehead atoms. The van der Waals surface area contributed by atoms with Gasteiger partial charge in [-0.2, -0.15) is 8.78 Å². The van der Waals surface area contributed by atoms with Gasteiger partial charge in [0, 0.05) is 5.56 Å². The molecule has 5 nitrogen and oxygen atoms in total. The Morgan fingerprint density at radius 3 is 2.08 bits per heavy atom. The Hall–Kier alpha value is -2.80. The van der Waals surface area contributed by atoms with Gasteiger partial charge in [0.05, 0.1) is 17.7 Å². The van der Waals surface area contributed by atoms with Crippen molar-refractivity contribution in [3.8, 4) is 5.75 Å². The minimum atomic E-state index is -3.04. The number of ether oxygens (including phenoxy) is 1.